The monoisotopic (exact) mass is 700 g/mol. The van der Waals surface area contributed by atoms with Gasteiger partial charge in [-0.15, -0.1) is 11.6 Å². The lowest BCUT2D eigenvalue weighted by atomic mass is 9.71. The second kappa shape index (κ2) is 13.7. The number of carbonyl (C=O) groups excluding carboxylic acids is 2. The molecule has 262 valence electrons. The second-order valence-corrected chi connectivity index (χ2v) is 13.8. The minimum atomic E-state index is -0.583. The highest BCUT2D eigenvalue weighted by molar-refractivity contribution is 6.18. The molecule has 0 spiro atoms. The van der Waals surface area contributed by atoms with E-state index >= 15 is 0 Å². The minimum absolute atomic E-state index is 0.0165. The number of benzene rings is 3. The van der Waals surface area contributed by atoms with Crippen LogP contribution in [-0.2, 0) is 28.9 Å². The van der Waals surface area contributed by atoms with E-state index in [9.17, 15) is 20.0 Å². The number of aromatic hydroxyl groups is 1. The summed E-state index contributed by atoms with van der Waals surface area (Å²) in [5.74, 6) is 1.37. The maximum absolute atomic E-state index is 13.4. The maximum Gasteiger partial charge on any atom is 0.312 e. The minimum Gasteiger partial charge on any atom is -0.504 e. The van der Waals surface area contributed by atoms with Crippen molar-refractivity contribution in [3.05, 3.63) is 75.3 Å². The largest absolute Gasteiger partial charge is 0.504 e. The average molecular weight is 701 g/mol. The zero-order valence-corrected chi connectivity index (χ0v) is 29.4. The summed E-state index contributed by atoms with van der Waals surface area (Å²) in [4.78, 5) is 30.8. The van der Waals surface area contributed by atoms with Crippen LogP contribution in [0.2, 0.25) is 0 Å². The molecule has 2 bridgehead atoms. The van der Waals surface area contributed by atoms with Crippen LogP contribution < -0.4 is 24.3 Å². The molecule has 0 radical (unpaired) electrons. The molecule has 4 heterocycles. The molecule has 4 aliphatic heterocycles. The van der Waals surface area contributed by atoms with Crippen molar-refractivity contribution in [3.63, 3.8) is 0 Å². The van der Waals surface area contributed by atoms with E-state index in [1.807, 2.05) is 57.3 Å². The summed E-state index contributed by atoms with van der Waals surface area (Å²) in [6.45, 7) is 3.89. The van der Waals surface area contributed by atoms with Gasteiger partial charge in [0.25, 0.3) is 0 Å². The van der Waals surface area contributed by atoms with E-state index in [1.165, 1.54) is 0 Å². The Morgan fingerprint density at radius 1 is 1.08 bits per heavy atom. The lowest BCUT2D eigenvalue weighted by molar-refractivity contribution is -0.134. The van der Waals surface area contributed by atoms with Gasteiger partial charge in [-0.25, -0.2) is 0 Å². The molecule has 0 saturated carbocycles. The Hall–Kier alpha value is -4.50. The van der Waals surface area contributed by atoms with Gasteiger partial charge in [0.05, 0.1) is 31.7 Å². The molecule has 3 aromatic rings. The fourth-order valence-electron chi connectivity index (χ4n) is 8.61. The van der Waals surface area contributed by atoms with Gasteiger partial charge < -0.3 is 29.4 Å². The number of nitrogens with zero attached hydrogens (tertiary/aromatic N) is 3. The molecular formula is C38H41ClN4O7. The number of ether oxygens (including phenoxy) is 4. The topological polar surface area (TPSA) is 134 Å². The molecule has 1 saturated heterocycles. The second-order valence-electron chi connectivity index (χ2n) is 13.5. The van der Waals surface area contributed by atoms with Crippen molar-refractivity contribution >= 4 is 23.5 Å². The Morgan fingerprint density at radius 2 is 1.84 bits per heavy atom. The first-order valence-corrected chi connectivity index (χ1v) is 17.5. The van der Waals surface area contributed by atoms with E-state index in [2.05, 4.69) is 21.2 Å². The van der Waals surface area contributed by atoms with Crippen LogP contribution in [0.25, 0.3) is 0 Å². The standard InChI is InChI=1S/C38H41ClN4O7/c1-20-14-23-15-25-27(17-40)43-26(33(42(25)3)31(23)34(46)35(20)47-4)16-24-32(28(43)18-41-29(44)11-10-22-8-6-5-7-9-22)38-37(48-19-49-38)21(2)36(24)50-30(45)12-13-39/h5-9,14,25-28,33,46H,10-13,15-16,18-19H2,1-4H3,(H,41,44)/t25-,26?,27-,28-,33-/m0/s1. The van der Waals surface area contributed by atoms with Crippen molar-refractivity contribution in [2.75, 3.05) is 33.4 Å². The Labute approximate surface area is 296 Å². The SMILES string of the molecule is COc1c(C)cc2c(c1O)[C@@H]1C3Cc4c(OC(=O)CCCl)c(C)c5c(c4[C@H](CNC(=O)CCc4ccccc4)N3[C@@H](C#N)[C@H](C2)N1C)OCO5. The number of phenolic OH excluding ortho intramolecular Hbond substituents is 1. The number of hydrogen-bond donors (Lipinski definition) is 2. The number of halogens is 1. The quantitative estimate of drug-likeness (QED) is 0.182. The molecule has 50 heavy (non-hydrogen) atoms. The van der Waals surface area contributed by atoms with Crippen molar-refractivity contribution < 1.29 is 33.6 Å². The van der Waals surface area contributed by atoms with Gasteiger partial charge in [-0.05, 0) is 56.8 Å². The van der Waals surface area contributed by atoms with Crippen LogP contribution in [0.1, 0.15) is 63.9 Å². The number of alkyl halides is 1. The number of esters is 1. The number of hydrogen-bond acceptors (Lipinski definition) is 10. The van der Waals surface area contributed by atoms with Crippen molar-refractivity contribution in [1.29, 1.82) is 5.26 Å². The number of rotatable bonds is 9. The third kappa shape index (κ3) is 5.60. The fourth-order valence-corrected chi connectivity index (χ4v) is 8.77. The molecule has 0 aliphatic carbocycles. The molecule has 4 aliphatic rings. The summed E-state index contributed by atoms with van der Waals surface area (Å²) in [6, 6.07) is 12.4. The van der Waals surface area contributed by atoms with Crippen LogP contribution in [0.15, 0.2) is 36.4 Å². The maximum atomic E-state index is 13.4. The molecule has 1 unspecified atom stereocenters. The summed E-state index contributed by atoms with van der Waals surface area (Å²) in [7, 11) is 3.54. The highest BCUT2D eigenvalue weighted by Gasteiger charge is 2.56. The van der Waals surface area contributed by atoms with Crippen molar-refractivity contribution in [1.82, 2.24) is 15.1 Å². The van der Waals surface area contributed by atoms with Gasteiger partial charge in [-0.3, -0.25) is 19.4 Å². The predicted octanol–water partition coefficient (Wildman–Crippen LogP) is 4.80. The van der Waals surface area contributed by atoms with Crippen LogP contribution in [0.5, 0.6) is 28.7 Å². The summed E-state index contributed by atoms with van der Waals surface area (Å²) < 4.78 is 23.8. The fraction of sp³-hybridized carbons (Fsp3) is 0.447. The first kappa shape index (κ1) is 34.0. The lowest BCUT2D eigenvalue weighted by Crippen LogP contribution is -2.68. The van der Waals surface area contributed by atoms with Gasteiger partial charge >= 0.3 is 5.97 Å². The number of fused-ring (bicyclic) bond motifs is 9. The van der Waals surface area contributed by atoms with Gasteiger partial charge in [0, 0.05) is 53.2 Å². The van der Waals surface area contributed by atoms with Crippen molar-refractivity contribution in [2.24, 2.45) is 0 Å². The van der Waals surface area contributed by atoms with Crippen LogP contribution in [0.4, 0.5) is 0 Å². The third-order valence-electron chi connectivity index (χ3n) is 10.8. The van der Waals surface area contributed by atoms with Crippen molar-refractivity contribution in [3.8, 4) is 34.8 Å². The van der Waals surface area contributed by atoms with E-state index in [1.54, 1.807) is 7.11 Å². The molecule has 11 nitrogen and oxygen atoms in total. The van der Waals surface area contributed by atoms with Gasteiger partial charge in [0.2, 0.25) is 12.7 Å². The Kier molecular flexibility index (Phi) is 9.28. The zero-order valence-electron chi connectivity index (χ0n) is 28.6. The van der Waals surface area contributed by atoms with Crippen LogP contribution >= 0.6 is 11.6 Å². The molecule has 1 amide bonds. The number of likely N-dealkylation sites (N-methyl/N-ethyl adjacent to an activating group) is 1. The van der Waals surface area contributed by atoms with E-state index in [-0.39, 0.29) is 61.8 Å². The van der Waals surface area contributed by atoms with Crippen LogP contribution in [0, 0.1) is 25.2 Å². The molecule has 3 aromatic carbocycles. The van der Waals surface area contributed by atoms with E-state index in [0.29, 0.717) is 47.8 Å². The van der Waals surface area contributed by atoms with E-state index < -0.39 is 18.1 Å². The molecule has 12 heteroatoms. The Bertz CT molecular complexity index is 1880. The van der Waals surface area contributed by atoms with Gasteiger partial charge in [0.1, 0.15) is 11.8 Å². The molecule has 0 aromatic heterocycles. The summed E-state index contributed by atoms with van der Waals surface area (Å²) in [6.07, 6.45) is 1.79. The Balaban J connectivity index is 1.37. The van der Waals surface area contributed by atoms with Crippen LogP contribution in [0.3, 0.4) is 0 Å². The highest BCUT2D eigenvalue weighted by Crippen LogP contribution is 2.58. The Morgan fingerprint density at radius 3 is 2.56 bits per heavy atom. The molecule has 7 rings (SSSR count). The van der Waals surface area contributed by atoms with E-state index in [4.69, 9.17) is 30.5 Å². The normalized spacial score (nSPS) is 23.2. The summed E-state index contributed by atoms with van der Waals surface area (Å²) in [5.41, 5.74) is 5.71. The molecule has 1 fully saturated rings. The number of piperazine rings is 1. The highest BCUT2D eigenvalue weighted by atomic mass is 35.5. The molecule has 5 atom stereocenters. The van der Waals surface area contributed by atoms with Crippen molar-refractivity contribution in [2.45, 2.75) is 76.2 Å². The number of phenols is 1. The lowest BCUT2D eigenvalue weighted by Gasteiger charge is -2.60. The van der Waals surface area contributed by atoms with E-state index in [0.717, 1.165) is 33.4 Å². The number of aryl methyl sites for hydroxylation is 2. The summed E-state index contributed by atoms with van der Waals surface area (Å²) in [5, 5.41) is 25.8. The number of methoxy groups -OCH3 is 1. The number of nitriles is 1. The van der Waals surface area contributed by atoms with Gasteiger partial charge in [-0.2, -0.15) is 5.26 Å². The summed E-state index contributed by atoms with van der Waals surface area (Å²) >= 11 is 5.93. The first-order valence-electron chi connectivity index (χ1n) is 17.0. The zero-order chi connectivity index (χ0) is 35.3. The van der Waals surface area contributed by atoms with Crippen LogP contribution in [-0.4, -0.2) is 78.3 Å². The number of amides is 1. The van der Waals surface area contributed by atoms with Gasteiger partial charge in [0.15, 0.2) is 23.0 Å². The average Bonchev–Trinajstić information content (AvgIpc) is 3.59. The first-order chi connectivity index (χ1) is 24.2. The number of nitrogens with one attached hydrogen (secondary N) is 1. The molecular weight excluding hydrogens is 660 g/mol. The number of carbonyl (C=O) groups is 2. The predicted molar refractivity (Wildman–Crippen MR) is 185 cm³/mol. The smallest absolute Gasteiger partial charge is 0.312 e. The molecule has 2 N–H and O–H groups in total. The van der Waals surface area contributed by atoms with Gasteiger partial charge in [-0.1, -0.05) is 36.4 Å². The third-order valence-corrected chi connectivity index (χ3v) is 10.9.